The Morgan fingerprint density at radius 3 is 2.52 bits per heavy atom. The standard InChI is InChI=1S/C17H16FN4O5/c1-20-15-14(16(25)21(2)17(20)26)22(9-19-15)7-13(24)27-8-12(23)10-3-5-11(18)6-4-10/h3-6,9,14H,7-8H2,1-2H3/q+1. The molecule has 3 rings (SSSR count). The molecule has 140 valence electrons. The SMILES string of the molecule is CN1C(=O)C2C(=NC=[N+]2CC(=O)OCC(=O)c2ccc(F)cc2)N(C)C1=O. The number of imide groups is 1. The normalized spacial score (nSPS) is 18.9. The van der Waals surface area contributed by atoms with Crippen LogP contribution in [0, 0.1) is 5.82 Å². The zero-order valence-corrected chi connectivity index (χ0v) is 14.6. The third kappa shape index (κ3) is 3.46. The van der Waals surface area contributed by atoms with Crippen molar-refractivity contribution in [3.05, 3.63) is 35.6 Å². The van der Waals surface area contributed by atoms with Crippen molar-refractivity contribution in [2.45, 2.75) is 6.04 Å². The zero-order valence-electron chi connectivity index (χ0n) is 14.6. The predicted octanol–water partition coefficient (Wildman–Crippen LogP) is -0.103. The molecule has 1 aromatic carbocycles. The maximum absolute atomic E-state index is 12.9. The van der Waals surface area contributed by atoms with Crippen molar-refractivity contribution in [2.75, 3.05) is 27.2 Å². The summed E-state index contributed by atoms with van der Waals surface area (Å²) in [6.07, 6.45) is 1.28. The van der Waals surface area contributed by atoms with Crippen LogP contribution in [0.3, 0.4) is 0 Å². The van der Waals surface area contributed by atoms with Crippen molar-refractivity contribution in [2.24, 2.45) is 4.99 Å². The topological polar surface area (TPSA) is 99.4 Å². The van der Waals surface area contributed by atoms with Crippen molar-refractivity contribution in [1.82, 2.24) is 9.80 Å². The van der Waals surface area contributed by atoms with Gasteiger partial charge in [0.05, 0.1) is 0 Å². The Morgan fingerprint density at radius 1 is 1.19 bits per heavy atom. The lowest BCUT2D eigenvalue weighted by Gasteiger charge is -2.30. The van der Waals surface area contributed by atoms with Crippen molar-refractivity contribution in [1.29, 1.82) is 0 Å². The molecule has 0 bridgehead atoms. The fraction of sp³-hybridized carbons (Fsp3) is 0.294. The number of nitrogens with zero attached hydrogens (tertiary/aromatic N) is 4. The maximum Gasteiger partial charge on any atom is 0.348 e. The molecule has 0 aliphatic carbocycles. The van der Waals surface area contributed by atoms with E-state index in [1.165, 1.54) is 42.0 Å². The number of aliphatic imine (C=N–C) groups is 1. The number of carbonyl (C=O) groups excluding carboxylic acids is 4. The molecule has 1 fully saturated rings. The molecule has 1 aromatic rings. The highest BCUT2D eigenvalue weighted by Crippen LogP contribution is 2.16. The molecule has 27 heavy (non-hydrogen) atoms. The highest BCUT2D eigenvalue weighted by Gasteiger charge is 2.50. The van der Waals surface area contributed by atoms with E-state index in [4.69, 9.17) is 4.74 Å². The summed E-state index contributed by atoms with van der Waals surface area (Å²) in [5.74, 6) is -1.99. The van der Waals surface area contributed by atoms with Crippen LogP contribution in [-0.4, -0.2) is 83.5 Å². The first-order valence-electron chi connectivity index (χ1n) is 7.96. The molecule has 2 aliphatic heterocycles. The van der Waals surface area contributed by atoms with E-state index >= 15 is 0 Å². The predicted molar refractivity (Wildman–Crippen MR) is 90.0 cm³/mol. The number of amidine groups is 1. The van der Waals surface area contributed by atoms with Crippen molar-refractivity contribution in [3.63, 3.8) is 0 Å². The monoisotopic (exact) mass is 375 g/mol. The summed E-state index contributed by atoms with van der Waals surface area (Å²) in [6, 6.07) is 3.44. The Bertz CT molecular complexity index is 893. The van der Waals surface area contributed by atoms with Gasteiger partial charge in [0.1, 0.15) is 5.82 Å². The van der Waals surface area contributed by atoms with E-state index in [1.807, 2.05) is 0 Å². The van der Waals surface area contributed by atoms with Gasteiger partial charge >= 0.3 is 12.0 Å². The minimum absolute atomic E-state index is 0.215. The number of carbonyl (C=O) groups is 4. The largest absolute Gasteiger partial charge is 0.454 e. The quantitative estimate of drug-likeness (QED) is 0.406. The van der Waals surface area contributed by atoms with E-state index in [2.05, 4.69) is 4.99 Å². The molecule has 0 saturated carbocycles. The number of urea groups is 1. The molecule has 9 nitrogen and oxygen atoms in total. The van der Waals surface area contributed by atoms with Crippen molar-refractivity contribution >= 4 is 35.9 Å². The van der Waals surface area contributed by atoms with Crippen LogP contribution in [-0.2, 0) is 14.3 Å². The number of amides is 3. The van der Waals surface area contributed by atoms with Crippen LogP contribution in [0.1, 0.15) is 10.4 Å². The van der Waals surface area contributed by atoms with Crippen LogP contribution in [0.4, 0.5) is 9.18 Å². The average Bonchev–Trinajstić information content (AvgIpc) is 3.07. The minimum Gasteiger partial charge on any atom is -0.454 e. The summed E-state index contributed by atoms with van der Waals surface area (Å²) in [5.41, 5.74) is 0.215. The van der Waals surface area contributed by atoms with Gasteiger partial charge in [-0.15, -0.1) is 0 Å². The van der Waals surface area contributed by atoms with E-state index in [0.29, 0.717) is 0 Å². The summed E-state index contributed by atoms with van der Waals surface area (Å²) in [5, 5.41) is 0. The molecule has 0 spiro atoms. The summed E-state index contributed by atoms with van der Waals surface area (Å²) in [4.78, 5) is 54.4. The second-order valence-electron chi connectivity index (χ2n) is 6.01. The Morgan fingerprint density at radius 2 is 1.85 bits per heavy atom. The molecule has 1 saturated heterocycles. The molecule has 0 N–H and O–H groups in total. The van der Waals surface area contributed by atoms with Gasteiger partial charge in [-0.05, 0) is 29.3 Å². The molecule has 1 unspecified atom stereocenters. The first-order chi connectivity index (χ1) is 12.8. The average molecular weight is 375 g/mol. The summed E-state index contributed by atoms with van der Waals surface area (Å²) in [7, 11) is 2.82. The van der Waals surface area contributed by atoms with E-state index in [9.17, 15) is 23.6 Å². The number of halogens is 1. The lowest BCUT2D eigenvalue weighted by Crippen LogP contribution is -2.61. The van der Waals surface area contributed by atoms with Gasteiger partial charge in [0.2, 0.25) is 0 Å². The fourth-order valence-corrected chi connectivity index (χ4v) is 2.73. The van der Waals surface area contributed by atoms with Gasteiger partial charge in [0.25, 0.3) is 24.1 Å². The smallest absolute Gasteiger partial charge is 0.348 e. The Hall–Kier alpha value is -3.43. The Labute approximate surface area is 153 Å². The van der Waals surface area contributed by atoms with Crippen LogP contribution in [0.2, 0.25) is 0 Å². The number of likely N-dealkylation sites (N-methyl/N-ethyl adjacent to an activating group) is 2. The number of rotatable bonds is 5. The first-order valence-corrected chi connectivity index (χ1v) is 7.96. The van der Waals surface area contributed by atoms with Gasteiger partial charge in [-0.2, -0.15) is 0 Å². The fourth-order valence-electron chi connectivity index (χ4n) is 2.73. The number of ketones is 1. The lowest BCUT2D eigenvalue weighted by atomic mass is 10.1. The van der Waals surface area contributed by atoms with Crippen LogP contribution in [0.5, 0.6) is 0 Å². The molecule has 3 amide bonds. The molecular formula is C17H16FN4O5+. The molecule has 0 radical (unpaired) electrons. The number of fused-ring (bicyclic) bond motifs is 1. The van der Waals surface area contributed by atoms with Crippen LogP contribution in [0.25, 0.3) is 0 Å². The second kappa shape index (κ2) is 7.06. The van der Waals surface area contributed by atoms with E-state index in [1.54, 1.807) is 0 Å². The van der Waals surface area contributed by atoms with Crippen molar-refractivity contribution < 1.29 is 32.9 Å². The molecular weight excluding hydrogens is 359 g/mol. The molecule has 2 heterocycles. The van der Waals surface area contributed by atoms with Crippen LogP contribution >= 0.6 is 0 Å². The molecule has 10 heteroatoms. The third-order valence-corrected chi connectivity index (χ3v) is 4.24. The number of hydrogen-bond donors (Lipinski definition) is 0. The van der Waals surface area contributed by atoms with Crippen molar-refractivity contribution in [3.8, 4) is 0 Å². The number of Topliss-reactive ketones (excluding diaryl/α,β-unsaturated/α-hetero) is 1. The molecule has 1 atom stereocenters. The van der Waals surface area contributed by atoms with Gasteiger partial charge in [-0.3, -0.25) is 19.4 Å². The highest BCUT2D eigenvalue weighted by molar-refractivity contribution is 6.21. The van der Waals surface area contributed by atoms with Gasteiger partial charge in [-0.25, -0.2) is 18.6 Å². The Kier molecular flexibility index (Phi) is 4.80. The highest BCUT2D eigenvalue weighted by atomic mass is 19.1. The van der Waals surface area contributed by atoms with Gasteiger partial charge < -0.3 is 4.74 Å². The van der Waals surface area contributed by atoms with Gasteiger partial charge in [0, 0.05) is 19.7 Å². The van der Waals surface area contributed by atoms with Crippen LogP contribution < -0.4 is 0 Å². The molecule has 2 aliphatic rings. The number of ether oxygens (including phenoxy) is 1. The maximum atomic E-state index is 12.9. The molecule has 0 aromatic heterocycles. The lowest BCUT2D eigenvalue weighted by molar-refractivity contribution is -0.521. The number of benzene rings is 1. The zero-order chi connectivity index (χ0) is 19.7. The number of esters is 1. The second-order valence-corrected chi connectivity index (χ2v) is 6.01. The summed E-state index contributed by atoms with van der Waals surface area (Å²) in [6.45, 7) is -0.834. The van der Waals surface area contributed by atoms with E-state index in [0.717, 1.165) is 17.0 Å². The first kappa shape index (κ1) is 18.4. The Balaban J connectivity index is 1.59. The minimum atomic E-state index is -0.905. The van der Waals surface area contributed by atoms with Gasteiger partial charge in [0.15, 0.2) is 18.9 Å². The van der Waals surface area contributed by atoms with E-state index in [-0.39, 0.29) is 17.9 Å². The van der Waals surface area contributed by atoms with Crippen LogP contribution in [0.15, 0.2) is 29.3 Å². The summed E-state index contributed by atoms with van der Waals surface area (Å²) < 4.78 is 19.1. The third-order valence-electron chi connectivity index (χ3n) is 4.24. The number of hydrogen-bond acceptors (Lipinski definition) is 6. The van der Waals surface area contributed by atoms with E-state index < -0.39 is 42.2 Å². The summed E-state index contributed by atoms with van der Waals surface area (Å²) >= 11 is 0. The van der Waals surface area contributed by atoms with Gasteiger partial charge in [-0.1, -0.05) is 0 Å².